The van der Waals surface area contributed by atoms with Gasteiger partial charge in [-0.15, -0.1) is 11.8 Å². The van der Waals surface area contributed by atoms with E-state index in [-0.39, 0.29) is 16.6 Å². The minimum atomic E-state index is -0.536. The lowest BCUT2D eigenvalue weighted by atomic mass is 10.3. The van der Waals surface area contributed by atoms with Gasteiger partial charge in [-0.2, -0.15) is 0 Å². The van der Waals surface area contributed by atoms with E-state index >= 15 is 0 Å². The van der Waals surface area contributed by atoms with E-state index < -0.39 is 11.6 Å². The van der Waals surface area contributed by atoms with E-state index in [1.54, 1.807) is 12.1 Å². The molecule has 21 heavy (non-hydrogen) atoms. The van der Waals surface area contributed by atoms with Crippen LogP contribution >= 0.6 is 11.8 Å². The van der Waals surface area contributed by atoms with Gasteiger partial charge in [0.05, 0.1) is 11.4 Å². The molecule has 0 saturated carbocycles. The van der Waals surface area contributed by atoms with Crippen LogP contribution in [0.15, 0.2) is 53.4 Å². The maximum atomic E-state index is 13.4. The number of hydrazine groups is 1. The highest BCUT2D eigenvalue weighted by Gasteiger charge is 2.10. The summed E-state index contributed by atoms with van der Waals surface area (Å²) in [7, 11) is 1.71. The van der Waals surface area contributed by atoms with Crippen molar-refractivity contribution in [3.8, 4) is 0 Å². The number of carbonyl (C=O) groups excluding carboxylic acids is 1. The fourth-order valence-electron chi connectivity index (χ4n) is 1.67. The molecule has 6 heteroatoms. The first kappa shape index (κ1) is 15.3. The number of benzene rings is 2. The van der Waals surface area contributed by atoms with E-state index in [1.165, 1.54) is 0 Å². The molecule has 1 amide bonds. The number of thioether (sulfide) groups is 1. The molecule has 0 fully saturated rings. The van der Waals surface area contributed by atoms with Crippen molar-refractivity contribution in [1.82, 2.24) is 5.43 Å². The fourth-order valence-corrected chi connectivity index (χ4v) is 2.42. The van der Waals surface area contributed by atoms with Crippen molar-refractivity contribution in [3.05, 3.63) is 60.2 Å². The standard InChI is InChI=1S/C15H14F2N2OS/c1-19(12-5-3-2-4-6-12)18-15(20)10-21-14-9-11(16)7-8-13(14)17/h2-9H,10H2,1H3,(H,18,20). The second-order valence-corrected chi connectivity index (χ2v) is 5.31. The molecule has 0 unspecified atom stereocenters. The second kappa shape index (κ2) is 7.08. The summed E-state index contributed by atoms with van der Waals surface area (Å²) >= 11 is 0.953. The topological polar surface area (TPSA) is 32.3 Å². The van der Waals surface area contributed by atoms with Gasteiger partial charge in [-0.1, -0.05) is 18.2 Å². The second-order valence-electron chi connectivity index (χ2n) is 4.29. The summed E-state index contributed by atoms with van der Waals surface area (Å²) in [6.07, 6.45) is 0. The molecule has 1 N–H and O–H groups in total. The number of hydrogen-bond acceptors (Lipinski definition) is 3. The van der Waals surface area contributed by atoms with Crippen LogP contribution in [0, 0.1) is 11.6 Å². The van der Waals surface area contributed by atoms with Crippen molar-refractivity contribution < 1.29 is 13.6 Å². The third kappa shape index (κ3) is 4.46. The van der Waals surface area contributed by atoms with Gasteiger partial charge >= 0.3 is 0 Å². The average Bonchev–Trinajstić information content (AvgIpc) is 2.49. The van der Waals surface area contributed by atoms with Crippen LogP contribution in [-0.2, 0) is 4.79 Å². The summed E-state index contributed by atoms with van der Waals surface area (Å²) in [4.78, 5) is 11.9. The van der Waals surface area contributed by atoms with E-state index in [9.17, 15) is 13.6 Å². The molecule has 0 heterocycles. The highest BCUT2D eigenvalue weighted by molar-refractivity contribution is 8.00. The van der Waals surface area contributed by atoms with Gasteiger partial charge in [-0.3, -0.25) is 15.2 Å². The van der Waals surface area contributed by atoms with E-state index in [0.29, 0.717) is 0 Å². The lowest BCUT2D eigenvalue weighted by molar-refractivity contribution is -0.118. The molecular weight excluding hydrogens is 294 g/mol. The van der Waals surface area contributed by atoms with Gasteiger partial charge in [0.25, 0.3) is 0 Å². The quantitative estimate of drug-likeness (QED) is 0.680. The van der Waals surface area contributed by atoms with Gasteiger partial charge in [0.2, 0.25) is 5.91 Å². The van der Waals surface area contributed by atoms with E-state index in [4.69, 9.17) is 0 Å². The number of amides is 1. The van der Waals surface area contributed by atoms with Gasteiger partial charge in [0.1, 0.15) is 11.6 Å². The van der Waals surface area contributed by atoms with Crippen molar-refractivity contribution in [2.45, 2.75) is 4.90 Å². The Hall–Kier alpha value is -2.08. The summed E-state index contributed by atoms with van der Waals surface area (Å²) in [5.74, 6) is -1.36. The molecule has 0 spiro atoms. The van der Waals surface area contributed by atoms with Gasteiger partial charge in [0, 0.05) is 11.9 Å². The molecule has 0 saturated heterocycles. The van der Waals surface area contributed by atoms with Crippen molar-refractivity contribution in [3.63, 3.8) is 0 Å². The molecule has 0 radical (unpaired) electrons. The zero-order chi connectivity index (χ0) is 15.2. The van der Waals surface area contributed by atoms with Crippen LogP contribution in [0.5, 0.6) is 0 Å². The smallest absolute Gasteiger partial charge is 0.248 e. The number of hydrogen-bond donors (Lipinski definition) is 1. The van der Waals surface area contributed by atoms with Crippen LogP contribution in [0.3, 0.4) is 0 Å². The molecule has 0 bridgehead atoms. The molecule has 0 aliphatic heterocycles. The lowest BCUT2D eigenvalue weighted by Crippen LogP contribution is -2.40. The van der Waals surface area contributed by atoms with Gasteiger partial charge in [-0.25, -0.2) is 8.78 Å². The molecule has 0 aliphatic rings. The average molecular weight is 308 g/mol. The summed E-state index contributed by atoms with van der Waals surface area (Å²) in [6, 6.07) is 12.5. The number of anilines is 1. The highest BCUT2D eigenvalue weighted by Crippen LogP contribution is 2.22. The monoisotopic (exact) mass is 308 g/mol. The van der Waals surface area contributed by atoms with Gasteiger partial charge in [-0.05, 0) is 30.3 Å². The number of halogens is 2. The summed E-state index contributed by atoms with van der Waals surface area (Å²) in [5.41, 5.74) is 3.48. The lowest BCUT2D eigenvalue weighted by Gasteiger charge is -2.20. The molecule has 0 atom stereocenters. The molecule has 0 aliphatic carbocycles. The zero-order valence-corrected chi connectivity index (χ0v) is 12.2. The highest BCUT2D eigenvalue weighted by atomic mass is 32.2. The van der Waals surface area contributed by atoms with Crippen molar-refractivity contribution >= 4 is 23.4 Å². The van der Waals surface area contributed by atoms with E-state index in [0.717, 1.165) is 35.6 Å². The molecule has 0 aromatic heterocycles. The van der Waals surface area contributed by atoms with Crippen LogP contribution in [0.1, 0.15) is 0 Å². The van der Waals surface area contributed by atoms with E-state index in [1.807, 2.05) is 30.3 Å². The Morgan fingerprint density at radius 3 is 2.62 bits per heavy atom. The fraction of sp³-hybridized carbons (Fsp3) is 0.133. The maximum Gasteiger partial charge on any atom is 0.248 e. The zero-order valence-electron chi connectivity index (χ0n) is 11.3. The summed E-state index contributed by atoms with van der Waals surface area (Å²) < 4.78 is 26.4. The molecule has 110 valence electrons. The number of para-hydroxylation sites is 1. The van der Waals surface area contributed by atoms with Crippen LogP contribution < -0.4 is 10.4 Å². The molecule has 2 rings (SSSR count). The molecule has 2 aromatic carbocycles. The first-order valence-corrected chi connectivity index (χ1v) is 7.21. The third-order valence-electron chi connectivity index (χ3n) is 2.69. The molecule has 3 nitrogen and oxygen atoms in total. The Labute approximate surface area is 125 Å². The largest absolute Gasteiger partial charge is 0.289 e. The number of nitrogens with zero attached hydrogens (tertiary/aromatic N) is 1. The van der Waals surface area contributed by atoms with Crippen LogP contribution in [0.4, 0.5) is 14.5 Å². The maximum absolute atomic E-state index is 13.4. The van der Waals surface area contributed by atoms with Crippen LogP contribution in [0.25, 0.3) is 0 Å². The first-order valence-electron chi connectivity index (χ1n) is 6.22. The predicted molar refractivity (Wildman–Crippen MR) is 80.1 cm³/mol. The molecular formula is C15H14F2N2OS. The van der Waals surface area contributed by atoms with Crippen molar-refractivity contribution in [1.29, 1.82) is 0 Å². The van der Waals surface area contributed by atoms with Crippen molar-refractivity contribution in [2.75, 3.05) is 17.8 Å². The Morgan fingerprint density at radius 1 is 1.19 bits per heavy atom. The Balaban J connectivity index is 1.89. The summed E-state index contributed by atoms with van der Waals surface area (Å²) in [5, 5.41) is 1.57. The number of rotatable bonds is 5. The minimum absolute atomic E-state index is 0.00243. The first-order chi connectivity index (χ1) is 10.1. The van der Waals surface area contributed by atoms with Gasteiger partial charge < -0.3 is 0 Å². The van der Waals surface area contributed by atoms with Crippen molar-refractivity contribution in [2.24, 2.45) is 0 Å². The molecule has 2 aromatic rings. The SMILES string of the molecule is CN(NC(=O)CSc1cc(F)ccc1F)c1ccccc1. The van der Waals surface area contributed by atoms with Crippen LogP contribution in [0.2, 0.25) is 0 Å². The Kier molecular flexibility index (Phi) is 5.16. The normalized spacial score (nSPS) is 10.2. The van der Waals surface area contributed by atoms with Gasteiger partial charge in [0.15, 0.2) is 0 Å². The summed E-state index contributed by atoms with van der Waals surface area (Å²) in [6.45, 7) is 0. The predicted octanol–water partition coefficient (Wildman–Crippen LogP) is 3.22. The number of nitrogens with one attached hydrogen (secondary N) is 1. The van der Waals surface area contributed by atoms with Crippen LogP contribution in [-0.4, -0.2) is 18.7 Å². The van der Waals surface area contributed by atoms with E-state index in [2.05, 4.69) is 5.43 Å². The third-order valence-corrected chi connectivity index (χ3v) is 3.72. The Morgan fingerprint density at radius 2 is 1.90 bits per heavy atom. The Bertz CT molecular complexity index is 622. The number of carbonyl (C=O) groups is 1. The minimum Gasteiger partial charge on any atom is -0.289 e.